The van der Waals surface area contributed by atoms with Gasteiger partial charge < -0.3 is 14.8 Å². The van der Waals surface area contributed by atoms with Crippen molar-refractivity contribution in [2.45, 2.75) is 6.92 Å². The quantitative estimate of drug-likeness (QED) is 0.653. The molecule has 0 aliphatic rings. The van der Waals surface area contributed by atoms with Crippen LogP contribution in [0.3, 0.4) is 0 Å². The number of carbonyl (C=O) groups is 1. The first kappa shape index (κ1) is 20.0. The van der Waals surface area contributed by atoms with E-state index < -0.39 is 5.91 Å². The number of carbonyl (C=O) groups excluding carboxylic acids is 1. The second-order valence-electron chi connectivity index (χ2n) is 6.41. The molecule has 2 aromatic carbocycles. The van der Waals surface area contributed by atoms with Gasteiger partial charge in [-0.1, -0.05) is 18.2 Å². The topological polar surface area (TPSA) is 74.5 Å². The van der Waals surface area contributed by atoms with Gasteiger partial charge in [0, 0.05) is 19.2 Å². The van der Waals surface area contributed by atoms with E-state index in [1.807, 2.05) is 30.3 Å². The molecule has 1 aromatic heterocycles. The number of ether oxygens (including phenoxy) is 2. The van der Waals surface area contributed by atoms with Crippen LogP contribution < -0.4 is 20.3 Å². The summed E-state index contributed by atoms with van der Waals surface area (Å²) in [4.78, 5) is 25.3. The highest BCUT2D eigenvalue weighted by atomic mass is 16.5. The van der Waals surface area contributed by atoms with Gasteiger partial charge in [0.15, 0.2) is 0 Å². The molecular formula is C22H23N3O4. The molecule has 0 spiro atoms. The Morgan fingerprint density at radius 1 is 1.03 bits per heavy atom. The lowest BCUT2D eigenvalue weighted by atomic mass is 10.2. The van der Waals surface area contributed by atoms with Crippen LogP contribution in [0.5, 0.6) is 11.5 Å². The highest BCUT2D eigenvalue weighted by Gasteiger charge is 2.17. The number of anilines is 1. The average molecular weight is 393 g/mol. The third-order valence-electron chi connectivity index (χ3n) is 4.60. The van der Waals surface area contributed by atoms with Crippen LogP contribution in [0, 0.1) is 6.92 Å². The molecule has 0 aliphatic carbocycles. The van der Waals surface area contributed by atoms with E-state index in [1.165, 1.54) is 10.8 Å². The van der Waals surface area contributed by atoms with Crippen LogP contribution in [0.2, 0.25) is 0 Å². The molecule has 0 atom stereocenters. The van der Waals surface area contributed by atoms with Gasteiger partial charge in [0.05, 0.1) is 25.6 Å². The van der Waals surface area contributed by atoms with Crippen LogP contribution in [-0.4, -0.2) is 29.5 Å². The first-order valence-corrected chi connectivity index (χ1v) is 9.00. The SMILES string of the molecule is COc1cc(/C=C/C(=O)Nc2c(C)n(C)n(-c3ccccc3)c2=O)cc(OC)c1. The van der Waals surface area contributed by atoms with Gasteiger partial charge in [-0.25, -0.2) is 4.68 Å². The highest BCUT2D eigenvalue weighted by Crippen LogP contribution is 2.23. The largest absolute Gasteiger partial charge is 0.497 e. The summed E-state index contributed by atoms with van der Waals surface area (Å²) >= 11 is 0. The maximum atomic E-state index is 12.9. The van der Waals surface area contributed by atoms with Crippen molar-refractivity contribution in [2.75, 3.05) is 19.5 Å². The van der Waals surface area contributed by atoms with Gasteiger partial charge in [0.2, 0.25) is 5.91 Å². The molecule has 0 saturated heterocycles. The third kappa shape index (κ3) is 4.24. The summed E-state index contributed by atoms with van der Waals surface area (Å²) in [7, 11) is 4.90. The van der Waals surface area contributed by atoms with Gasteiger partial charge in [-0.2, -0.15) is 0 Å². The van der Waals surface area contributed by atoms with E-state index in [9.17, 15) is 9.59 Å². The van der Waals surface area contributed by atoms with Gasteiger partial charge in [-0.3, -0.25) is 14.3 Å². The summed E-state index contributed by atoms with van der Waals surface area (Å²) in [5, 5.41) is 2.69. The zero-order chi connectivity index (χ0) is 21.0. The fraction of sp³-hybridized carbons (Fsp3) is 0.182. The average Bonchev–Trinajstić information content (AvgIpc) is 2.95. The zero-order valence-corrected chi connectivity index (χ0v) is 16.8. The number of para-hydroxylation sites is 1. The third-order valence-corrected chi connectivity index (χ3v) is 4.60. The molecule has 0 fully saturated rings. The lowest BCUT2D eigenvalue weighted by Crippen LogP contribution is -2.22. The summed E-state index contributed by atoms with van der Waals surface area (Å²) in [6.07, 6.45) is 3.00. The summed E-state index contributed by atoms with van der Waals surface area (Å²) in [6, 6.07) is 14.6. The minimum Gasteiger partial charge on any atom is -0.497 e. The molecule has 1 amide bonds. The van der Waals surface area contributed by atoms with Gasteiger partial charge in [0.25, 0.3) is 5.56 Å². The Morgan fingerprint density at radius 2 is 1.66 bits per heavy atom. The molecule has 0 bridgehead atoms. The van der Waals surface area contributed by atoms with E-state index in [1.54, 1.807) is 57.1 Å². The predicted molar refractivity (Wildman–Crippen MR) is 113 cm³/mol. The van der Waals surface area contributed by atoms with Gasteiger partial charge in [0.1, 0.15) is 17.2 Å². The molecule has 3 rings (SSSR count). The van der Waals surface area contributed by atoms with Crippen molar-refractivity contribution in [1.29, 1.82) is 0 Å². The van der Waals surface area contributed by atoms with E-state index >= 15 is 0 Å². The molecule has 0 unspecified atom stereocenters. The Kier molecular flexibility index (Phi) is 5.87. The van der Waals surface area contributed by atoms with E-state index in [2.05, 4.69) is 5.32 Å². The molecule has 29 heavy (non-hydrogen) atoms. The minimum absolute atomic E-state index is 0.245. The van der Waals surface area contributed by atoms with Crippen molar-refractivity contribution in [3.8, 4) is 17.2 Å². The number of hydrogen-bond donors (Lipinski definition) is 1. The van der Waals surface area contributed by atoms with Crippen LogP contribution in [0.1, 0.15) is 11.3 Å². The number of aromatic nitrogens is 2. The Labute approximate surface area is 168 Å². The summed E-state index contributed by atoms with van der Waals surface area (Å²) in [5.74, 6) is 0.834. The zero-order valence-electron chi connectivity index (χ0n) is 16.8. The standard InChI is InChI=1S/C22H23N3O4/c1-15-21(22(27)25(24(15)2)17-8-6-5-7-9-17)23-20(26)11-10-16-12-18(28-3)14-19(13-16)29-4/h5-14H,1-4H3,(H,23,26)/b11-10+. The lowest BCUT2D eigenvalue weighted by Gasteiger charge is -2.07. The molecule has 150 valence electrons. The number of methoxy groups -OCH3 is 2. The molecule has 7 nitrogen and oxygen atoms in total. The second-order valence-corrected chi connectivity index (χ2v) is 6.41. The van der Waals surface area contributed by atoms with Crippen molar-refractivity contribution >= 4 is 17.7 Å². The van der Waals surface area contributed by atoms with Crippen molar-refractivity contribution in [3.63, 3.8) is 0 Å². The molecule has 0 radical (unpaired) electrons. The highest BCUT2D eigenvalue weighted by molar-refractivity contribution is 6.02. The van der Waals surface area contributed by atoms with Gasteiger partial charge in [-0.05, 0) is 42.8 Å². The molecule has 7 heteroatoms. The van der Waals surface area contributed by atoms with E-state index in [0.717, 1.165) is 11.3 Å². The number of rotatable bonds is 6. The molecule has 1 heterocycles. The first-order valence-electron chi connectivity index (χ1n) is 9.00. The minimum atomic E-state index is -0.405. The van der Waals surface area contributed by atoms with E-state index in [-0.39, 0.29) is 11.2 Å². The number of hydrogen-bond acceptors (Lipinski definition) is 4. The van der Waals surface area contributed by atoms with Gasteiger partial charge >= 0.3 is 0 Å². The Balaban J connectivity index is 1.85. The molecule has 1 N–H and O–H groups in total. The summed E-state index contributed by atoms with van der Waals surface area (Å²) in [5.41, 5.74) is 2.07. The molecule has 3 aromatic rings. The van der Waals surface area contributed by atoms with Crippen LogP contribution in [0.25, 0.3) is 11.8 Å². The Bertz CT molecular complexity index is 1090. The van der Waals surface area contributed by atoms with Crippen LogP contribution in [0.15, 0.2) is 59.4 Å². The number of amides is 1. The Morgan fingerprint density at radius 3 is 2.24 bits per heavy atom. The molecule has 0 saturated carbocycles. The normalized spacial score (nSPS) is 10.9. The van der Waals surface area contributed by atoms with Crippen molar-refractivity contribution in [3.05, 3.63) is 76.2 Å². The Hall–Kier alpha value is -3.74. The molecular weight excluding hydrogens is 370 g/mol. The first-order chi connectivity index (χ1) is 13.9. The molecule has 0 aliphatic heterocycles. The monoisotopic (exact) mass is 393 g/mol. The predicted octanol–water partition coefficient (Wildman–Crippen LogP) is 3.15. The van der Waals surface area contributed by atoms with Crippen LogP contribution in [0.4, 0.5) is 5.69 Å². The summed E-state index contributed by atoms with van der Waals surface area (Å²) < 4.78 is 13.7. The van der Waals surface area contributed by atoms with Crippen molar-refractivity contribution in [2.24, 2.45) is 7.05 Å². The number of benzene rings is 2. The number of nitrogens with zero attached hydrogens (tertiary/aromatic N) is 2. The fourth-order valence-corrected chi connectivity index (χ4v) is 2.97. The van der Waals surface area contributed by atoms with Crippen LogP contribution >= 0.6 is 0 Å². The van der Waals surface area contributed by atoms with Crippen molar-refractivity contribution in [1.82, 2.24) is 9.36 Å². The second kappa shape index (κ2) is 8.52. The van der Waals surface area contributed by atoms with E-state index in [4.69, 9.17) is 9.47 Å². The summed E-state index contributed by atoms with van der Waals surface area (Å²) in [6.45, 7) is 1.78. The number of nitrogens with one attached hydrogen (secondary N) is 1. The maximum absolute atomic E-state index is 12.9. The van der Waals surface area contributed by atoms with Gasteiger partial charge in [-0.15, -0.1) is 0 Å². The maximum Gasteiger partial charge on any atom is 0.295 e. The fourth-order valence-electron chi connectivity index (χ4n) is 2.97. The van der Waals surface area contributed by atoms with Crippen LogP contribution in [-0.2, 0) is 11.8 Å². The van der Waals surface area contributed by atoms with Crippen molar-refractivity contribution < 1.29 is 14.3 Å². The lowest BCUT2D eigenvalue weighted by molar-refractivity contribution is -0.111. The smallest absolute Gasteiger partial charge is 0.295 e. The van der Waals surface area contributed by atoms with E-state index in [0.29, 0.717) is 17.2 Å².